The third-order valence-electron chi connectivity index (χ3n) is 3.77. The highest BCUT2D eigenvalue weighted by Gasteiger charge is 2.12. The van der Waals surface area contributed by atoms with Crippen LogP contribution in [0.4, 0.5) is 11.6 Å². The van der Waals surface area contributed by atoms with Crippen LogP contribution in [-0.2, 0) is 6.54 Å². The Balaban J connectivity index is 1.74. The van der Waals surface area contributed by atoms with Gasteiger partial charge in [0.15, 0.2) is 0 Å². The highest BCUT2D eigenvalue weighted by atomic mass is 35.5. The molecule has 0 saturated carbocycles. The SMILES string of the molecule is COc1cc(Cl)c(C)cc1Nc1nccc(C(=O)NCc2ccccn2)n1. The van der Waals surface area contributed by atoms with E-state index in [0.717, 1.165) is 11.3 Å². The monoisotopic (exact) mass is 383 g/mol. The zero-order valence-corrected chi connectivity index (χ0v) is 15.6. The number of benzene rings is 1. The van der Waals surface area contributed by atoms with Crippen LogP contribution in [-0.4, -0.2) is 28.0 Å². The van der Waals surface area contributed by atoms with Crippen molar-refractivity contribution in [1.29, 1.82) is 0 Å². The van der Waals surface area contributed by atoms with Crippen molar-refractivity contribution in [3.05, 3.63) is 70.8 Å². The topological polar surface area (TPSA) is 89.0 Å². The zero-order chi connectivity index (χ0) is 19.2. The first-order valence-electron chi connectivity index (χ1n) is 8.19. The molecule has 2 heterocycles. The molecule has 2 aromatic heterocycles. The lowest BCUT2D eigenvalue weighted by atomic mass is 10.2. The second-order valence-electron chi connectivity index (χ2n) is 5.70. The Labute approximate surface area is 161 Å². The summed E-state index contributed by atoms with van der Waals surface area (Å²) in [5, 5.41) is 6.44. The number of anilines is 2. The van der Waals surface area contributed by atoms with Crippen LogP contribution in [0.3, 0.4) is 0 Å². The summed E-state index contributed by atoms with van der Waals surface area (Å²) < 4.78 is 5.33. The Morgan fingerprint density at radius 1 is 1.19 bits per heavy atom. The molecule has 0 unspecified atom stereocenters. The van der Waals surface area contributed by atoms with Gasteiger partial charge in [-0.15, -0.1) is 0 Å². The molecule has 7 nitrogen and oxygen atoms in total. The summed E-state index contributed by atoms with van der Waals surface area (Å²) in [5.74, 6) is 0.519. The lowest BCUT2D eigenvalue weighted by molar-refractivity contribution is 0.0945. The van der Waals surface area contributed by atoms with Gasteiger partial charge in [-0.1, -0.05) is 17.7 Å². The molecule has 8 heteroatoms. The molecule has 2 N–H and O–H groups in total. The van der Waals surface area contributed by atoms with Crippen molar-refractivity contribution in [2.45, 2.75) is 13.5 Å². The van der Waals surface area contributed by atoms with Crippen molar-refractivity contribution < 1.29 is 9.53 Å². The van der Waals surface area contributed by atoms with Crippen LogP contribution in [0.1, 0.15) is 21.7 Å². The molecule has 0 radical (unpaired) electrons. The lowest BCUT2D eigenvalue weighted by Gasteiger charge is -2.12. The van der Waals surface area contributed by atoms with Crippen LogP contribution in [0.15, 0.2) is 48.8 Å². The van der Waals surface area contributed by atoms with E-state index in [4.69, 9.17) is 16.3 Å². The second kappa shape index (κ2) is 8.46. The molecule has 1 amide bonds. The Hall–Kier alpha value is -3.19. The summed E-state index contributed by atoms with van der Waals surface area (Å²) in [6, 6.07) is 10.6. The van der Waals surface area contributed by atoms with E-state index in [1.807, 2.05) is 31.2 Å². The van der Waals surface area contributed by atoms with Gasteiger partial charge >= 0.3 is 0 Å². The summed E-state index contributed by atoms with van der Waals surface area (Å²) in [5.41, 5.74) is 2.54. The zero-order valence-electron chi connectivity index (χ0n) is 14.9. The van der Waals surface area contributed by atoms with Crippen LogP contribution < -0.4 is 15.4 Å². The predicted molar refractivity (Wildman–Crippen MR) is 103 cm³/mol. The normalized spacial score (nSPS) is 10.3. The first-order valence-corrected chi connectivity index (χ1v) is 8.57. The van der Waals surface area contributed by atoms with Crippen LogP contribution in [0.2, 0.25) is 5.02 Å². The van der Waals surface area contributed by atoms with E-state index in [-0.39, 0.29) is 17.5 Å². The van der Waals surface area contributed by atoms with Gasteiger partial charge in [0.2, 0.25) is 5.95 Å². The van der Waals surface area contributed by atoms with Gasteiger partial charge in [-0.3, -0.25) is 9.78 Å². The van der Waals surface area contributed by atoms with Gasteiger partial charge < -0.3 is 15.4 Å². The summed E-state index contributed by atoms with van der Waals surface area (Å²) in [6.07, 6.45) is 3.19. The van der Waals surface area contributed by atoms with Gasteiger partial charge in [0.1, 0.15) is 11.4 Å². The molecule has 0 fully saturated rings. The first kappa shape index (κ1) is 18.6. The Kier molecular flexibility index (Phi) is 5.83. The molecule has 0 spiro atoms. The Morgan fingerprint density at radius 3 is 2.78 bits per heavy atom. The van der Waals surface area contributed by atoms with Gasteiger partial charge in [0.05, 0.1) is 25.0 Å². The number of nitrogens with one attached hydrogen (secondary N) is 2. The number of ether oxygens (including phenoxy) is 1. The van der Waals surface area contributed by atoms with Crippen LogP contribution >= 0.6 is 11.6 Å². The average molecular weight is 384 g/mol. The molecule has 0 aliphatic heterocycles. The summed E-state index contributed by atoms with van der Waals surface area (Å²) in [4.78, 5) is 24.9. The van der Waals surface area contributed by atoms with Crippen LogP contribution in [0.25, 0.3) is 0 Å². The fourth-order valence-corrected chi connectivity index (χ4v) is 2.51. The van der Waals surface area contributed by atoms with Gasteiger partial charge in [0, 0.05) is 23.5 Å². The highest BCUT2D eigenvalue weighted by molar-refractivity contribution is 6.31. The minimum atomic E-state index is -0.314. The van der Waals surface area contributed by atoms with Crippen molar-refractivity contribution in [3.63, 3.8) is 0 Å². The maximum Gasteiger partial charge on any atom is 0.270 e. The molecule has 3 aromatic rings. The summed E-state index contributed by atoms with van der Waals surface area (Å²) in [7, 11) is 1.55. The summed E-state index contributed by atoms with van der Waals surface area (Å²) >= 11 is 6.12. The van der Waals surface area contributed by atoms with Crippen molar-refractivity contribution >= 4 is 29.1 Å². The van der Waals surface area contributed by atoms with Gasteiger partial charge in [-0.05, 0) is 36.8 Å². The molecule has 1 aromatic carbocycles. The van der Waals surface area contributed by atoms with Crippen LogP contribution in [0.5, 0.6) is 5.75 Å². The number of carbonyl (C=O) groups excluding carboxylic acids is 1. The molecule has 0 aliphatic carbocycles. The second-order valence-corrected chi connectivity index (χ2v) is 6.10. The summed E-state index contributed by atoms with van der Waals surface area (Å²) in [6.45, 7) is 2.20. The fourth-order valence-electron chi connectivity index (χ4n) is 2.36. The molecule has 0 aliphatic rings. The van der Waals surface area contributed by atoms with E-state index in [1.54, 1.807) is 25.4 Å². The molecule has 0 bridgehead atoms. The largest absolute Gasteiger partial charge is 0.495 e. The minimum absolute atomic E-state index is 0.244. The molecule has 138 valence electrons. The highest BCUT2D eigenvalue weighted by Crippen LogP contribution is 2.32. The molecular weight excluding hydrogens is 366 g/mol. The smallest absolute Gasteiger partial charge is 0.270 e. The third-order valence-corrected chi connectivity index (χ3v) is 4.18. The lowest BCUT2D eigenvalue weighted by Crippen LogP contribution is -2.24. The maximum absolute atomic E-state index is 12.3. The quantitative estimate of drug-likeness (QED) is 0.677. The van der Waals surface area contributed by atoms with Crippen molar-refractivity contribution in [2.75, 3.05) is 12.4 Å². The number of nitrogens with zero attached hydrogens (tertiary/aromatic N) is 3. The first-order chi connectivity index (χ1) is 13.1. The van der Waals surface area contributed by atoms with E-state index >= 15 is 0 Å². The van der Waals surface area contributed by atoms with E-state index in [0.29, 0.717) is 23.0 Å². The minimum Gasteiger partial charge on any atom is -0.495 e. The number of pyridine rings is 1. The molecule has 3 rings (SSSR count). The van der Waals surface area contributed by atoms with Crippen molar-refractivity contribution in [1.82, 2.24) is 20.3 Å². The van der Waals surface area contributed by atoms with Gasteiger partial charge in [-0.25, -0.2) is 9.97 Å². The number of halogens is 1. The standard InChI is InChI=1S/C19H18ClN5O2/c1-12-9-16(17(27-2)10-14(12)20)25-19-22-8-6-15(24-19)18(26)23-11-13-5-3-4-7-21-13/h3-10H,11H2,1-2H3,(H,23,26)(H,22,24,25). The average Bonchev–Trinajstić information content (AvgIpc) is 2.69. The number of hydrogen-bond acceptors (Lipinski definition) is 6. The van der Waals surface area contributed by atoms with E-state index in [2.05, 4.69) is 25.6 Å². The van der Waals surface area contributed by atoms with Gasteiger partial charge in [-0.2, -0.15) is 0 Å². The van der Waals surface area contributed by atoms with E-state index in [9.17, 15) is 4.79 Å². The fraction of sp³-hybridized carbons (Fsp3) is 0.158. The van der Waals surface area contributed by atoms with Gasteiger partial charge in [0.25, 0.3) is 5.91 Å². The molecule has 0 atom stereocenters. The van der Waals surface area contributed by atoms with E-state index in [1.165, 1.54) is 6.20 Å². The van der Waals surface area contributed by atoms with Crippen LogP contribution in [0, 0.1) is 6.92 Å². The number of amides is 1. The van der Waals surface area contributed by atoms with E-state index < -0.39 is 0 Å². The third kappa shape index (κ3) is 4.71. The number of aryl methyl sites for hydroxylation is 1. The predicted octanol–water partition coefficient (Wildman–Crippen LogP) is 3.52. The number of rotatable bonds is 6. The Bertz CT molecular complexity index is 950. The Morgan fingerprint density at radius 2 is 2.04 bits per heavy atom. The van der Waals surface area contributed by atoms with Crippen molar-refractivity contribution in [3.8, 4) is 5.75 Å². The van der Waals surface area contributed by atoms with Crippen molar-refractivity contribution in [2.24, 2.45) is 0 Å². The molecule has 27 heavy (non-hydrogen) atoms. The maximum atomic E-state index is 12.3. The number of aromatic nitrogens is 3. The molecular formula is C19H18ClN5O2. The number of methoxy groups -OCH3 is 1. The number of hydrogen-bond donors (Lipinski definition) is 2. The number of carbonyl (C=O) groups is 1. The molecule has 0 saturated heterocycles.